The number of methoxy groups -OCH3 is 1. The van der Waals surface area contributed by atoms with Gasteiger partial charge in [0.1, 0.15) is 0 Å². The van der Waals surface area contributed by atoms with Gasteiger partial charge in [-0.15, -0.1) is 0 Å². The number of likely N-dealkylation sites (N-methyl/N-ethyl adjacent to an activating group) is 1. The molecule has 1 aliphatic carbocycles. The second-order valence-corrected chi connectivity index (χ2v) is 4.71. The van der Waals surface area contributed by atoms with Crippen LogP contribution in [0.15, 0.2) is 12.2 Å². The first-order valence-electron chi connectivity index (χ1n) is 5.87. The number of nitrogens with one attached hydrogen (secondary N) is 1. The maximum absolute atomic E-state index is 9.55. The highest BCUT2D eigenvalue weighted by Crippen LogP contribution is 2.18. The third-order valence-electron chi connectivity index (χ3n) is 2.59. The Morgan fingerprint density at radius 2 is 2.31 bits per heavy atom. The van der Waals surface area contributed by atoms with Gasteiger partial charge in [-0.2, -0.15) is 0 Å². The topological polar surface area (TPSA) is 44.7 Å². The lowest BCUT2D eigenvalue weighted by atomic mass is 10.2. The van der Waals surface area contributed by atoms with Gasteiger partial charge < -0.3 is 15.2 Å². The van der Waals surface area contributed by atoms with Crippen LogP contribution >= 0.6 is 0 Å². The van der Waals surface area contributed by atoms with Gasteiger partial charge in [0.25, 0.3) is 0 Å². The minimum absolute atomic E-state index is 0.386. The molecule has 2 N–H and O–H groups in total. The van der Waals surface area contributed by atoms with E-state index in [0.717, 1.165) is 19.1 Å². The lowest BCUT2D eigenvalue weighted by molar-refractivity contribution is 0.0449. The van der Waals surface area contributed by atoms with E-state index in [4.69, 9.17) is 4.74 Å². The first-order valence-corrected chi connectivity index (χ1v) is 5.87. The van der Waals surface area contributed by atoms with E-state index >= 15 is 0 Å². The van der Waals surface area contributed by atoms with Crippen LogP contribution in [0.5, 0.6) is 0 Å². The molecule has 0 aromatic heterocycles. The smallest absolute Gasteiger partial charge is 0.0900 e. The zero-order valence-electron chi connectivity index (χ0n) is 10.4. The number of aliphatic hydroxyl groups is 1. The molecule has 0 saturated heterocycles. The van der Waals surface area contributed by atoms with Crippen LogP contribution in [0.25, 0.3) is 0 Å². The van der Waals surface area contributed by atoms with Gasteiger partial charge in [0.2, 0.25) is 0 Å². The molecule has 94 valence electrons. The number of hydrogen-bond acceptors (Lipinski definition) is 4. The van der Waals surface area contributed by atoms with Crippen molar-refractivity contribution >= 4 is 0 Å². The quantitative estimate of drug-likeness (QED) is 0.555. The standard InChI is InChI=1S/C12H24N2O2/c1-10(6-13-11-4-5-11)7-14(2)8-12(15)9-16-3/h11-13,15H,1,4-9H2,2-3H3. The molecule has 1 saturated carbocycles. The molecule has 0 amide bonds. The van der Waals surface area contributed by atoms with Crippen LogP contribution in [0.2, 0.25) is 0 Å². The van der Waals surface area contributed by atoms with Crippen LogP contribution in [0, 0.1) is 0 Å². The van der Waals surface area contributed by atoms with Gasteiger partial charge in [-0.05, 0) is 25.5 Å². The summed E-state index contributed by atoms with van der Waals surface area (Å²) in [5.74, 6) is 0. The molecule has 4 heteroatoms. The Balaban J connectivity index is 2.06. The molecule has 4 nitrogen and oxygen atoms in total. The van der Waals surface area contributed by atoms with Crippen LogP contribution in [0.4, 0.5) is 0 Å². The highest BCUT2D eigenvalue weighted by atomic mass is 16.5. The number of hydrogen-bond donors (Lipinski definition) is 2. The van der Waals surface area contributed by atoms with Crippen molar-refractivity contribution in [3.05, 3.63) is 12.2 Å². The SMILES string of the molecule is C=C(CNC1CC1)CN(C)CC(O)COC. The highest BCUT2D eigenvalue weighted by Gasteiger charge is 2.20. The number of rotatable bonds is 9. The molecule has 0 bridgehead atoms. The van der Waals surface area contributed by atoms with E-state index in [1.54, 1.807) is 7.11 Å². The molecule has 0 aromatic carbocycles. The molecule has 1 aliphatic rings. The zero-order chi connectivity index (χ0) is 12.0. The molecule has 0 aromatic rings. The maximum atomic E-state index is 9.55. The average molecular weight is 228 g/mol. The summed E-state index contributed by atoms with van der Waals surface area (Å²) < 4.78 is 4.89. The summed E-state index contributed by atoms with van der Waals surface area (Å²) in [4.78, 5) is 2.07. The summed E-state index contributed by atoms with van der Waals surface area (Å²) in [5, 5.41) is 13.0. The van der Waals surface area contributed by atoms with Crippen LogP contribution in [-0.2, 0) is 4.74 Å². The largest absolute Gasteiger partial charge is 0.389 e. The number of ether oxygens (including phenoxy) is 1. The molecular weight excluding hydrogens is 204 g/mol. The summed E-state index contributed by atoms with van der Waals surface area (Å²) in [6.45, 7) is 6.74. The van der Waals surface area contributed by atoms with Gasteiger partial charge in [0.05, 0.1) is 12.7 Å². The highest BCUT2D eigenvalue weighted by molar-refractivity contribution is 5.01. The zero-order valence-corrected chi connectivity index (χ0v) is 10.4. The van der Waals surface area contributed by atoms with Crippen molar-refractivity contribution in [3.63, 3.8) is 0 Å². The van der Waals surface area contributed by atoms with E-state index in [1.807, 2.05) is 7.05 Å². The molecule has 0 spiro atoms. The Morgan fingerprint density at radius 1 is 1.62 bits per heavy atom. The van der Waals surface area contributed by atoms with Gasteiger partial charge in [-0.3, -0.25) is 4.90 Å². The summed E-state index contributed by atoms with van der Waals surface area (Å²) in [5.41, 5.74) is 1.17. The molecule has 0 heterocycles. The maximum Gasteiger partial charge on any atom is 0.0900 e. The van der Waals surface area contributed by atoms with Crippen LogP contribution in [-0.4, -0.2) is 62.6 Å². The van der Waals surface area contributed by atoms with Gasteiger partial charge in [0.15, 0.2) is 0 Å². The monoisotopic (exact) mass is 228 g/mol. The van der Waals surface area contributed by atoms with E-state index in [0.29, 0.717) is 13.2 Å². The number of aliphatic hydroxyl groups excluding tert-OH is 1. The molecular formula is C12H24N2O2. The van der Waals surface area contributed by atoms with E-state index in [-0.39, 0.29) is 0 Å². The van der Waals surface area contributed by atoms with Crippen molar-refractivity contribution < 1.29 is 9.84 Å². The van der Waals surface area contributed by atoms with Gasteiger partial charge in [-0.25, -0.2) is 0 Å². The van der Waals surface area contributed by atoms with Gasteiger partial charge >= 0.3 is 0 Å². The first-order chi connectivity index (χ1) is 7.61. The molecule has 0 radical (unpaired) electrons. The Labute approximate surface area is 98.3 Å². The fraction of sp³-hybridized carbons (Fsp3) is 0.833. The van der Waals surface area contributed by atoms with Crippen LogP contribution in [0.1, 0.15) is 12.8 Å². The van der Waals surface area contributed by atoms with E-state index in [9.17, 15) is 5.11 Å². The third kappa shape index (κ3) is 6.23. The van der Waals surface area contributed by atoms with E-state index in [2.05, 4.69) is 16.8 Å². The Hall–Kier alpha value is -0.420. The van der Waals surface area contributed by atoms with E-state index < -0.39 is 6.10 Å². The second kappa shape index (κ2) is 7.01. The molecule has 1 fully saturated rings. The van der Waals surface area contributed by atoms with Crippen molar-refractivity contribution in [1.29, 1.82) is 0 Å². The van der Waals surface area contributed by atoms with Gasteiger partial charge in [-0.1, -0.05) is 6.58 Å². The summed E-state index contributed by atoms with van der Waals surface area (Å²) in [6.07, 6.45) is 2.19. The average Bonchev–Trinajstić information content (AvgIpc) is 2.97. The van der Waals surface area contributed by atoms with E-state index in [1.165, 1.54) is 18.4 Å². The molecule has 1 unspecified atom stereocenters. The predicted octanol–water partition coefficient (Wildman–Crippen LogP) is 0.234. The lowest BCUT2D eigenvalue weighted by Crippen LogP contribution is -2.34. The second-order valence-electron chi connectivity index (χ2n) is 4.71. The fourth-order valence-electron chi connectivity index (χ4n) is 1.68. The van der Waals surface area contributed by atoms with Crippen molar-refractivity contribution in [2.24, 2.45) is 0 Å². The summed E-state index contributed by atoms with van der Waals surface area (Å²) in [6, 6.07) is 0.723. The minimum Gasteiger partial charge on any atom is -0.389 e. The third-order valence-corrected chi connectivity index (χ3v) is 2.59. The first kappa shape index (κ1) is 13.6. The Morgan fingerprint density at radius 3 is 2.88 bits per heavy atom. The number of nitrogens with zero attached hydrogens (tertiary/aromatic N) is 1. The van der Waals surface area contributed by atoms with Crippen LogP contribution < -0.4 is 5.32 Å². The Kier molecular flexibility index (Phi) is 5.98. The molecule has 1 rings (SSSR count). The Bertz CT molecular complexity index is 217. The summed E-state index contributed by atoms with van der Waals surface area (Å²) >= 11 is 0. The van der Waals surface area contributed by atoms with Gasteiger partial charge in [0, 0.05) is 32.8 Å². The minimum atomic E-state index is -0.417. The fourth-order valence-corrected chi connectivity index (χ4v) is 1.68. The predicted molar refractivity (Wildman–Crippen MR) is 65.5 cm³/mol. The van der Waals surface area contributed by atoms with Crippen molar-refractivity contribution in [3.8, 4) is 0 Å². The van der Waals surface area contributed by atoms with Crippen molar-refractivity contribution in [1.82, 2.24) is 10.2 Å². The van der Waals surface area contributed by atoms with Crippen LogP contribution in [0.3, 0.4) is 0 Å². The molecule has 0 aliphatic heterocycles. The normalized spacial score (nSPS) is 17.8. The molecule has 1 atom stereocenters. The van der Waals surface area contributed by atoms with Crippen molar-refractivity contribution in [2.75, 3.05) is 40.4 Å². The lowest BCUT2D eigenvalue weighted by Gasteiger charge is -2.21. The van der Waals surface area contributed by atoms with Crippen molar-refractivity contribution in [2.45, 2.75) is 25.0 Å². The molecule has 16 heavy (non-hydrogen) atoms. The summed E-state index contributed by atoms with van der Waals surface area (Å²) in [7, 11) is 3.59.